The Kier molecular flexibility index (Phi) is 6.45. The number of carbonyl (C=O) groups excluding carboxylic acids is 1. The third-order valence-electron chi connectivity index (χ3n) is 4.66. The number of unbranched alkanes of at least 4 members (excludes halogenated alkanes) is 1. The van der Waals surface area contributed by atoms with Gasteiger partial charge in [0.2, 0.25) is 0 Å². The molecule has 0 spiro atoms. The molecule has 2 heterocycles. The molecule has 3 rings (SSSR count). The van der Waals surface area contributed by atoms with Crippen molar-refractivity contribution in [1.82, 2.24) is 9.55 Å². The summed E-state index contributed by atoms with van der Waals surface area (Å²) in [7, 11) is 0. The lowest BCUT2D eigenvalue weighted by Gasteiger charge is -2.14. The summed E-state index contributed by atoms with van der Waals surface area (Å²) < 4.78 is 7.09. The molecule has 0 atom stereocenters. The zero-order valence-corrected chi connectivity index (χ0v) is 17.6. The van der Waals surface area contributed by atoms with Crippen LogP contribution in [0.15, 0.2) is 35.1 Å². The fourth-order valence-electron chi connectivity index (χ4n) is 3.19. The zero-order valence-electron chi connectivity index (χ0n) is 16.8. The molecule has 0 N–H and O–H groups in total. The van der Waals surface area contributed by atoms with Crippen LogP contribution in [-0.4, -0.2) is 15.5 Å². The molecule has 0 saturated heterocycles. The normalized spacial score (nSPS) is 11.0. The highest BCUT2D eigenvalue weighted by Crippen LogP contribution is 2.29. The Hall–Kier alpha value is -2.98. The molecule has 0 fully saturated rings. The number of benzene rings is 1. The van der Waals surface area contributed by atoms with Crippen LogP contribution in [0.2, 0.25) is 0 Å². The maximum atomic E-state index is 13.2. The van der Waals surface area contributed by atoms with Gasteiger partial charge in [0.15, 0.2) is 0 Å². The molecule has 29 heavy (non-hydrogen) atoms. The SMILES string of the molecule is Cc1c(C(=O)OCc2ccccc2)sc2nc(C(C)C)n(CCCC#N)c(=O)c12. The van der Waals surface area contributed by atoms with Gasteiger partial charge in [-0.15, -0.1) is 11.3 Å². The Morgan fingerprint density at radius 3 is 2.69 bits per heavy atom. The number of nitrogens with zero attached hydrogens (tertiary/aromatic N) is 3. The van der Waals surface area contributed by atoms with Crippen LogP contribution in [0.25, 0.3) is 10.2 Å². The molecule has 6 nitrogen and oxygen atoms in total. The number of aromatic nitrogens is 2. The second kappa shape index (κ2) is 9.01. The molecule has 0 amide bonds. The standard InChI is InChI=1S/C22H23N3O3S/c1-14(2)19-24-20-17(21(26)25(19)12-8-7-11-23)15(3)18(29-20)22(27)28-13-16-9-5-4-6-10-16/h4-6,9-10,14H,7-8,12-13H2,1-3H3. The Bertz CT molecular complexity index is 1120. The molecule has 1 aromatic carbocycles. The van der Waals surface area contributed by atoms with Gasteiger partial charge in [-0.25, -0.2) is 9.78 Å². The molecule has 2 aromatic heterocycles. The van der Waals surface area contributed by atoms with Crippen LogP contribution in [0, 0.1) is 18.3 Å². The van der Waals surface area contributed by atoms with Gasteiger partial charge in [0.05, 0.1) is 11.5 Å². The number of hydrogen-bond acceptors (Lipinski definition) is 6. The Morgan fingerprint density at radius 2 is 2.03 bits per heavy atom. The minimum Gasteiger partial charge on any atom is -0.457 e. The van der Waals surface area contributed by atoms with Crippen LogP contribution in [0.5, 0.6) is 0 Å². The fraction of sp³-hybridized carbons (Fsp3) is 0.364. The van der Waals surface area contributed by atoms with Crippen LogP contribution in [-0.2, 0) is 17.9 Å². The van der Waals surface area contributed by atoms with Gasteiger partial charge in [0.1, 0.15) is 22.1 Å². The Labute approximate surface area is 173 Å². The molecular weight excluding hydrogens is 386 g/mol. The summed E-state index contributed by atoms with van der Waals surface area (Å²) in [6.45, 7) is 6.33. The summed E-state index contributed by atoms with van der Waals surface area (Å²) in [4.78, 5) is 31.5. The lowest BCUT2D eigenvalue weighted by Crippen LogP contribution is -2.26. The molecule has 0 bridgehead atoms. The predicted octanol–water partition coefficient (Wildman–Crippen LogP) is 4.55. The maximum absolute atomic E-state index is 13.2. The zero-order chi connectivity index (χ0) is 21.0. The fourth-order valence-corrected chi connectivity index (χ4v) is 4.26. The summed E-state index contributed by atoms with van der Waals surface area (Å²) >= 11 is 1.20. The third-order valence-corrected chi connectivity index (χ3v) is 5.83. The average molecular weight is 410 g/mol. The van der Waals surface area contributed by atoms with E-state index in [-0.39, 0.29) is 18.1 Å². The first kappa shape index (κ1) is 20.7. The lowest BCUT2D eigenvalue weighted by atomic mass is 10.1. The van der Waals surface area contributed by atoms with Crippen molar-refractivity contribution >= 4 is 27.5 Å². The first-order valence-electron chi connectivity index (χ1n) is 9.55. The van der Waals surface area contributed by atoms with Gasteiger partial charge in [-0.05, 0) is 24.5 Å². The molecule has 0 aliphatic heterocycles. The van der Waals surface area contributed by atoms with Gasteiger partial charge in [0.25, 0.3) is 5.56 Å². The maximum Gasteiger partial charge on any atom is 0.349 e. The molecule has 7 heteroatoms. The lowest BCUT2D eigenvalue weighted by molar-refractivity contribution is 0.0478. The van der Waals surface area contributed by atoms with Crippen molar-refractivity contribution in [2.45, 2.75) is 52.7 Å². The van der Waals surface area contributed by atoms with E-state index in [2.05, 4.69) is 11.1 Å². The largest absolute Gasteiger partial charge is 0.457 e. The molecule has 0 radical (unpaired) electrons. The number of esters is 1. The average Bonchev–Trinajstić information content (AvgIpc) is 3.05. The first-order valence-corrected chi connectivity index (χ1v) is 10.4. The number of rotatable bonds is 7. The van der Waals surface area contributed by atoms with Gasteiger partial charge in [-0.1, -0.05) is 44.2 Å². The van der Waals surface area contributed by atoms with E-state index in [0.717, 1.165) is 5.56 Å². The van der Waals surface area contributed by atoms with Crippen molar-refractivity contribution in [3.8, 4) is 6.07 Å². The highest BCUT2D eigenvalue weighted by atomic mass is 32.1. The second-order valence-electron chi connectivity index (χ2n) is 7.14. The van der Waals surface area contributed by atoms with Gasteiger partial charge in [-0.2, -0.15) is 5.26 Å². The molecule has 3 aromatic rings. The number of hydrogen-bond donors (Lipinski definition) is 0. The van der Waals surface area contributed by atoms with E-state index in [1.54, 1.807) is 11.5 Å². The summed E-state index contributed by atoms with van der Waals surface area (Å²) in [6, 6.07) is 11.6. The van der Waals surface area contributed by atoms with Gasteiger partial charge in [-0.3, -0.25) is 9.36 Å². The van der Waals surface area contributed by atoms with Crippen molar-refractivity contribution in [1.29, 1.82) is 5.26 Å². The van der Waals surface area contributed by atoms with E-state index in [1.807, 2.05) is 44.2 Å². The van der Waals surface area contributed by atoms with Crippen LogP contribution in [0.3, 0.4) is 0 Å². The molecule has 0 aliphatic rings. The van der Waals surface area contributed by atoms with Crippen molar-refractivity contribution in [3.05, 3.63) is 62.5 Å². The molecule has 0 unspecified atom stereocenters. The topological polar surface area (TPSA) is 85.0 Å². The summed E-state index contributed by atoms with van der Waals surface area (Å²) in [6.07, 6.45) is 0.958. The molecule has 0 aliphatic carbocycles. The van der Waals surface area contributed by atoms with Gasteiger partial charge in [0, 0.05) is 18.9 Å². The van der Waals surface area contributed by atoms with Gasteiger partial charge < -0.3 is 4.74 Å². The van der Waals surface area contributed by atoms with Crippen LogP contribution >= 0.6 is 11.3 Å². The smallest absolute Gasteiger partial charge is 0.349 e. The predicted molar refractivity (Wildman–Crippen MR) is 113 cm³/mol. The Morgan fingerprint density at radius 1 is 1.31 bits per heavy atom. The third kappa shape index (κ3) is 4.38. The summed E-state index contributed by atoms with van der Waals surface area (Å²) in [5.41, 5.74) is 1.34. The minimum atomic E-state index is -0.448. The number of nitriles is 1. The number of aryl methyl sites for hydroxylation is 1. The highest BCUT2D eigenvalue weighted by molar-refractivity contribution is 7.20. The molecule has 150 valence electrons. The van der Waals surface area contributed by atoms with Crippen LogP contribution in [0.1, 0.15) is 59.2 Å². The van der Waals surface area contributed by atoms with E-state index >= 15 is 0 Å². The van der Waals surface area contributed by atoms with E-state index in [0.29, 0.717) is 45.9 Å². The summed E-state index contributed by atoms with van der Waals surface area (Å²) in [5, 5.41) is 9.26. The van der Waals surface area contributed by atoms with Crippen molar-refractivity contribution in [3.63, 3.8) is 0 Å². The van der Waals surface area contributed by atoms with Crippen LogP contribution in [0.4, 0.5) is 0 Å². The van der Waals surface area contributed by atoms with E-state index in [1.165, 1.54) is 11.3 Å². The Balaban J connectivity index is 1.97. The number of thiophene rings is 1. The van der Waals surface area contributed by atoms with E-state index in [4.69, 9.17) is 10.00 Å². The van der Waals surface area contributed by atoms with Crippen LogP contribution < -0.4 is 5.56 Å². The van der Waals surface area contributed by atoms with E-state index < -0.39 is 5.97 Å². The molecular formula is C22H23N3O3S. The monoisotopic (exact) mass is 409 g/mol. The van der Waals surface area contributed by atoms with Gasteiger partial charge >= 0.3 is 5.97 Å². The quantitative estimate of drug-likeness (QED) is 0.422. The van der Waals surface area contributed by atoms with Crippen molar-refractivity contribution < 1.29 is 9.53 Å². The number of ether oxygens (including phenoxy) is 1. The summed E-state index contributed by atoms with van der Waals surface area (Å²) in [5.74, 6) is 0.270. The number of carbonyl (C=O) groups is 1. The highest BCUT2D eigenvalue weighted by Gasteiger charge is 2.23. The first-order chi connectivity index (χ1) is 13.9. The van der Waals surface area contributed by atoms with Crippen molar-refractivity contribution in [2.24, 2.45) is 0 Å². The van der Waals surface area contributed by atoms with Crippen molar-refractivity contribution in [2.75, 3.05) is 0 Å². The minimum absolute atomic E-state index is 0.0464. The molecule has 0 saturated carbocycles. The second-order valence-corrected chi connectivity index (χ2v) is 8.14. The van der Waals surface area contributed by atoms with E-state index in [9.17, 15) is 9.59 Å². The number of fused-ring (bicyclic) bond motifs is 1.